The second kappa shape index (κ2) is 14.4. The molecule has 0 amide bonds. The van der Waals surface area contributed by atoms with Crippen molar-refractivity contribution in [2.45, 2.75) is 6.18 Å². The molecule has 0 atom stereocenters. The second-order valence-electron chi connectivity index (χ2n) is 14.9. The van der Waals surface area contributed by atoms with Crippen molar-refractivity contribution < 1.29 is 13.2 Å². The molecule has 2 heterocycles. The Balaban J connectivity index is 1.31. The summed E-state index contributed by atoms with van der Waals surface area (Å²) in [5.41, 5.74) is 6.65. The van der Waals surface area contributed by atoms with Crippen molar-refractivity contribution in [2.75, 3.05) is 0 Å². The normalized spacial score (nSPS) is 11.4. The monoisotopic (exact) mass is 804 g/mol. The summed E-state index contributed by atoms with van der Waals surface area (Å²) in [6.07, 6.45) is -4.83. The zero-order chi connectivity index (χ0) is 42.7. The van der Waals surface area contributed by atoms with E-state index < -0.39 is 11.7 Å². The number of hydrogen-bond acceptors (Lipinski definition) is 3. The fraction of sp³-hybridized carbons (Fsp3) is 0.0189. The Kier molecular flexibility index (Phi) is 8.70. The van der Waals surface area contributed by atoms with E-state index in [9.17, 15) is 15.8 Å². The highest BCUT2D eigenvalue weighted by atomic mass is 19.4. The highest BCUT2D eigenvalue weighted by Crippen LogP contribution is 2.48. The summed E-state index contributed by atoms with van der Waals surface area (Å²) in [6.45, 7) is 8.14. The molecule has 6 nitrogen and oxygen atoms in total. The van der Waals surface area contributed by atoms with Crippen molar-refractivity contribution in [3.05, 3.63) is 197 Å². The van der Waals surface area contributed by atoms with Crippen molar-refractivity contribution in [3.63, 3.8) is 0 Å². The molecule has 0 N–H and O–H groups in total. The molecule has 10 aromatic rings. The number of rotatable bonds is 5. The summed E-state index contributed by atoms with van der Waals surface area (Å²) in [7, 11) is 0. The molecule has 0 aliphatic rings. The molecule has 0 saturated heterocycles. The summed E-state index contributed by atoms with van der Waals surface area (Å²) >= 11 is 0. The fourth-order valence-corrected chi connectivity index (χ4v) is 8.75. The van der Waals surface area contributed by atoms with Crippen LogP contribution < -0.4 is 0 Å². The summed E-state index contributed by atoms with van der Waals surface area (Å²) in [4.78, 5) is 3.64. The molecule has 0 radical (unpaired) electrons. The van der Waals surface area contributed by atoms with E-state index in [4.69, 9.17) is 6.57 Å². The Morgan fingerprint density at radius 3 is 1.48 bits per heavy atom. The maximum atomic E-state index is 15.2. The van der Waals surface area contributed by atoms with E-state index in [0.717, 1.165) is 55.4 Å². The standard InChI is InChI=1S/C53H27F3N6/c1-60-45-16-8-15-44(53(54,55)56)52(45)43-28-50(61-46-17-4-2-13-39(46)41-25-36(19-21-48(41)61)34-11-6-9-32(23-34)29-57)38(31-59)27-51(43)62-47-18-5-3-14-40(47)42-26-37(20-22-49(42)62)35-12-7-10-33(24-35)30-58/h2-28H. The van der Waals surface area contributed by atoms with Gasteiger partial charge in [-0.2, -0.15) is 29.0 Å². The van der Waals surface area contributed by atoms with Crippen molar-refractivity contribution in [2.24, 2.45) is 0 Å². The highest BCUT2D eigenvalue weighted by Gasteiger charge is 2.36. The number of nitriles is 3. The third kappa shape index (κ3) is 5.93. The van der Waals surface area contributed by atoms with Gasteiger partial charge in [0.25, 0.3) is 0 Å². The lowest BCUT2D eigenvalue weighted by Crippen LogP contribution is -2.09. The van der Waals surface area contributed by atoms with Crippen LogP contribution >= 0.6 is 0 Å². The predicted octanol–water partition coefficient (Wildman–Crippen LogP) is 14.1. The Morgan fingerprint density at radius 2 is 0.968 bits per heavy atom. The van der Waals surface area contributed by atoms with Crippen LogP contribution in [-0.2, 0) is 6.18 Å². The van der Waals surface area contributed by atoms with Gasteiger partial charge in [-0.15, -0.1) is 0 Å². The smallest absolute Gasteiger partial charge is 0.309 e. The number of aromatic nitrogens is 2. The average molecular weight is 805 g/mol. The van der Waals surface area contributed by atoms with Crippen molar-refractivity contribution in [1.82, 2.24) is 9.13 Å². The lowest BCUT2D eigenvalue weighted by atomic mass is 9.93. The van der Waals surface area contributed by atoms with Crippen LogP contribution in [0.25, 0.3) is 93.2 Å². The summed E-state index contributed by atoms with van der Waals surface area (Å²) in [5, 5.41) is 33.6. The van der Waals surface area contributed by atoms with E-state index in [1.807, 2.05) is 124 Å². The highest BCUT2D eigenvalue weighted by molar-refractivity contribution is 6.13. The first kappa shape index (κ1) is 37.4. The Labute approximate surface area is 352 Å². The number of alkyl halides is 3. The van der Waals surface area contributed by atoms with E-state index in [2.05, 4.69) is 23.1 Å². The van der Waals surface area contributed by atoms with Crippen LogP contribution in [0, 0.1) is 40.6 Å². The van der Waals surface area contributed by atoms with Crippen molar-refractivity contribution in [1.29, 1.82) is 15.8 Å². The van der Waals surface area contributed by atoms with Gasteiger partial charge in [-0.3, -0.25) is 0 Å². The van der Waals surface area contributed by atoms with E-state index in [0.29, 0.717) is 33.4 Å². The topological polar surface area (TPSA) is 85.6 Å². The van der Waals surface area contributed by atoms with Gasteiger partial charge in [0.05, 0.1) is 74.4 Å². The molecule has 10 rings (SSSR count). The van der Waals surface area contributed by atoms with E-state index in [-0.39, 0.29) is 28.1 Å². The lowest BCUT2D eigenvalue weighted by molar-refractivity contribution is -0.137. The summed E-state index contributed by atoms with van der Waals surface area (Å²) < 4.78 is 49.5. The number of nitrogens with zero attached hydrogens (tertiary/aromatic N) is 6. The van der Waals surface area contributed by atoms with E-state index >= 15 is 13.2 Å². The predicted molar refractivity (Wildman–Crippen MR) is 237 cm³/mol. The minimum Gasteiger partial charge on any atom is -0.309 e. The maximum absolute atomic E-state index is 15.2. The van der Waals surface area contributed by atoms with Gasteiger partial charge in [0.1, 0.15) is 6.07 Å². The zero-order valence-corrected chi connectivity index (χ0v) is 32.4. The van der Waals surface area contributed by atoms with Crippen LogP contribution in [0.15, 0.2) is 164 Å². The van der Waals surface area contributed by atoms with Crippen LogP contribution in [0.3, 0.4) is 0 Å². The van der Waals surface area contributed by atoms with Gasteiger partial charge in [0.2, 0.25) is 0 Å². The Bertz CT molecular complexity index is 3690. The molecule has 0 unspecified atom stereocenters. The van der Waals surface area contributed by atoms with Crippen molar-refractivity contribution >= 4 is 49.3 Å². The van der Waals surface area contributed by atoms with Gasteiger partial charge in [-0.1, -0.05) is 91.0 Å². The molecule has 8 aromatic carbocycles. The number of hydrogen-bond donors (Lipinski definition) is 0. The zero-order valence-electron chi connectivity index (χ0n) is 32.4. The first-order valence-electron chi connectivity index (χ1n) is 19.4. The summed E-state index contributed by atoms with van der Waals surface area (Å²) in [6, 6.07) is 55.1. The third-order valence-electron chi connectivity index (χ3n) is 11.4. The number of para-hydroxylation sites is 2. The number of fused-ring (bicyclic) bond motifs is 6. The molecule has 0 bridgehead atoms. The first-order chi connectivity index (χ1) is 30.2. The molecule has 0 aliphatic carbocycles. The SMILES string of the molecule is [C-]#[N+]c1cccc(C(F)(F)F)c1-c1cc(-n2c3ccccc3c3cc(-c4cccc(C#N)c4)ccc32)c(C#N)cc1-n1c2ccccc2c2cc(-c3cccc(C#N)c3)ccc21. The summed E-state index contributed by atoms with van der Waals surface area (Å²) in [5.74, 6) is 0. The minimum absolute atomic E-state index is 0.113. The molecule has 0 aliphatic heterocycles. The van der Waals surface area contributed by atoms with Crippen LogP contribution in [0.1, 0.15) is 22.3 Å². The van der Waals surface area contributed by atoms with Gasteiger partial charge < -0.3 is 9.13 Å². The lowest BCUT2D eigenvalue weighted by Gasteiger charge is -2.22. The number of benzene rings is 8. The van der Waals surface area contributed by atoms with Crippen molar-refractivity contribution in [3.8, 4) is 63.0 Å². The Morgan fingerprint density at radius 1 is 0.468 bits per heavy atom. The average Bonchev–Trinajstić information content (AvgIpc) is 3.82. The molecule has 9 heteroatoms. The van der Waals surface area contributed by atoms with Gasteiger partial charge in [-0.25, -0.2) is 4.85 Å². The van der Waals surface area contributed by atoms with Crippen LogP contribution in [-0.4, -0.2) is 9.13 Å². The molecule has 0 saturated carbocycles. The fourth-order valence-electron chi connectivity index (χ4n) is 8.75. The molecule has 0 fully saturated rings. The van der Waals surface area contributed by atoms with Gasteiger partial charge >= 0.3 is 6.18 Å². The molecule has 2 aromatic heterocycles. The Hall–Kier alpha value is -8.89. The largest absolute Gasteiger partial charge is 0.415 e. The molecule has 62 heavy (non-hydrogen) atoms. The van der Waals surface area contributed by atoms with Crippen LogP contribution in [0.4, 0.5) is 18.9 Å². The first-order valence-corrected chi connectivity index (χ1v) is 19.4. The molecular formula is C53H27F3N6. The number of halogens is 3. The molecule has 290 valence electrons. The quantitative estimate of drug-likeness (QED) is 0.162. The van der Waals surface area contributed by atoms with Crippen LogP contribution in [0.2, 0.25) is 0 Å². The van der Waals surface area contributed by atoms with Gasteiger partial charge in [0.15, 0.2) is 5.69 Å². The minimum atomic E-state index is -4.83. The van der Waals surface area contributed by atoms with Gasteiger partial charge in [-0.05, 0) is 101 Å². The molecule has 0 spiro atoms. The third-order valence-corrected chi connectivity index (χ3v) is 11.4. The maximum Gasteiger partial charge on any atom is 0.415 e. The second-order valence-corrected chi connectivity index (χ2v) is 14.9. The van der Waals surface area contributed by atoms with Crippen LogP contribution in [0.5, 0.6) is 0 Å². The van der Waals surface area contributed by atoms with Gasteiger partial charge in [0, 0.05) is 27.1 Å². The molecular weight excluding hydrogens is 778 g/mol. The van der Waals surface area contributed by atoms with E-state index in [1.54, 1.807) is 30.3 Å². The van der Waals surface area contributed by atoms with E-state index in [1.165, 1.54) is 12.1 Å².